The van der Waals surface area contributed by atoms with Crippen molar-refractivity contribution in [3.63, 3.8) is 0 Å². The Labute approximate surface area is 107 Å². The molecule has 0 aromatic carbocycles. The fraction of sp³-hybridized carbons (Fsp3) is 0.833. The molecule has 1 saturated carbocycles. The molecule has 0 aromatic heterocycles. The first-order valence-corrected chi connectivity index (χ1v) is 6.27. The van der Waals surface area contributed by atoms with Crippen molar-refractivity contribution in [2.75, 3.05) is 26.4 Å². The zero-order valence-electron chi connectivity index (χ0n) is 10.9. The first-order valence-electron chi connectivity index (χ1n) is 6.27. The molecule has 1 unspecified atom stereocenters. The molecule has 0 aliphatic heterocycles. The Hall–Kier alpha value is -1.14. The van der Waals surface area contributed by atoms with Crippen LogP contribution in [0.25, 0.3) is 0 Å². The maximum absolute atomic E-state index is 11.9. The van der Waals surface area contributed by atoms with Crippen LogP contribution in [0.5, 0.6) is 0 Å². The van der Waals surface area contributed by atoms with Crippen molar-refractivity contribution in [1.82, 2.24) is 4.90 Å². The second kappa shape index (κ2) is 7.33. The van der Waals surface area contributed by atoms with Crippen molar-refractivity contribution >= 4 is 11.9 Å². The molecule has 1 atom stereocenters. The quantitative estimate of drug-likeness (QED) is 0.610. The summed E-state index contributed by atoms with van der Waals surface area (Å²) in [6, 6.07) is -0.723. The Morgan fingerprint density at radius 3 is 2.44 bits per heavy atom. The number of aliphatic carboxylic acids is 1. The summed E-state index contributed by atoms with van der Waals surface area (Å²) >= 11 is 0. The molecule has 0 saturated heterocycles. The molecule has 1 amide bonds. The molecule has 0 spiro atoms. The summed E-state index contributed by atoms with van der Waals surface area (Å²) in [6.07, 6.45) is 1.75. The second-order valence-electron chi connectivity index (χ2n) is 4.30. The minimum atomic E-state index is -0.982. The van der Waals surface area contributed by atoms with Crippen LogP contribution in [-0.2, 0) is 19.1 Å². The van der Waals surface area contributed by atoms with E-state index in [4.69, 9.17) is 14.6 Å². The van der Waals surface area contributed by atoms with Gasteiger partial charge in [0.1, 0.15) is 12.6 Å². The SMILES string of the molecule is CCOCCOCC(=O)N(C1CC1)C(C)C(=O)O. The van der Waals surface area contributed by atoms with Crippen molar-refractivity contribution < 1.29 is 24.2 Å². The lowest BCUT2D eigenvalue weighted by Crippen LogP contribution is -2.46. The highest BCUT2D eigenvalue weighted by Gasteiger charge is 2.38. The summed E-state index contributed by atoms with van der Waals surface area (Å²) < 4.78 is 10.3. The molecule has 104 valence electrons. The summed E-state index contributed by atoms with van der Waals surface area (Å²) in [4.78, 5) is 24.3. The number of carbonyl (C=O) groups excluding carboxylic acids is 1. The minimum absolute atomic E-state index is 0.0686. The van der Waals surface area contributed by atoms with Crippen LogP contribution in [0, 0.1) is 0 Å². The van der Waals surface area contributed by atoms with Crippen LogP contribution in [0.2, 0.25) is 0 Å². The van der Waals surface area contributed by atoms with E-state index in [1.54, 1.807) is 0 Å². The third-order valence-corrected chi connectivity index (χ3v) is 2.80. The minimum Gasteiger partial charge on any atom is -0.480 e. The number of amides is 1. The highest BCUT2D eigenvalue weighted by Crippen LogP contribution is 2.28. The molecule has 0 aromatic rings. The summed E-state index contributed by atoms with van der Waals surface area (Å²) in [6.45, 7) is 4.73. The van der Waals surface area contributed by atoms with Gasteiger partial charge < -0.3 is 19.5 Å². The van der Waals surface area contributed by atoms with Gasteiger partial charge in [0.25, 0.3) is 0 Å². The van der Waals surface area contributed by atoms with Crippen LogP contribution in [0.15, 0.2) is 0 Å². The van der Waals surface area contributed by atoms with Crippen LogP contribution >= 0.6 is 0 Å². The van der Waals surface area contributed by atoms with Gasteiger partial charge in [-0.25, -0.2) is 4.79 Å². The third-order valence-electron chi connectivity index (χ3n) is 2.80. The summed E-state index contributed by atoms with van der Waals surface area (Å²) in [5.74, 6) is -1.24. The third kappa shape index (κ3) is 4.62. The van der Waals surface area contributed by atoms with E-state index >= 15 is 0 Å². The molecule has 1 aliphatic carbocycles. The Balaban J connectivity index is 2.34. The van der Waals surface area contributed by atoms with Crippen LogP contribution < -0.4 is 0 Å². The largest absolute Gasteiger partial charge is 0.480 e. The Morgan fingerprint density at radius 1 is 1.33 bits per heavy atom. The normalized spacial score (nSPS) is 16.3. The smallest absolute Gasteiger partial charge is 0.326 e. The Kier molecular flexibility index (Phi) is 6.07. The fourth-order valence-corrected chi connectivity index (χ4v) is 1.70. The van der Waals surface area contributed by atoms with Crippen molar-refractivity contribution in [3.8, 4) is 0 Å². The standard InChI is InChI=1S/C12H21NO5/c1-3-17-6-7-18-8-11(14)13(10-4-5-10)9(2)12(15)16/h9-10H,3-8H2,1-2H3,(H,15,16). The maximum atomic E-state index is 11.9. The number of carboxylic acids is 1. The fourth-order valence-electron chi connectivity index (χ4n) is 1.70. The van der Waals surface area contributed by atoms with E-state index < -0.39 is 12.0 Å². The van der Waals surface area contributed by atoms with Crippen molar-refractivity contribution in [3.05, 3.63) is 0 Å². The van der Waals surface area contributed by atoms with Crippen molar-refractivity contribution in [2.24, 2.45) is 0 Å². The van der Waals surface area contributed by atoms with Crippen LogP contribution in [0.3, 0.4) is 0 Å². The van der Waals surface area contributed by atoms with Gasteiger partial charge in [-0.15, -0.1) is 0 Å². The van der Waals surface area contributed by atoms with E-state index in [0.717, 1.165) is 12.8 Å². The molecule has 6 nitrogen and oxygen atoms in total. The molecule has 1 N–H and O–H groups in total. The van der Waals surface area contributed by atoms with E-state index in [2.05, 4.69) is 0 Å². The first-order chi connectivity index (χ1) is 8.57. The topological polar surface area (TPSA) is 76.1 Å². The number of rotatable bonds is 9. The molecule has 1 rings (SSSR count). The van der Waals surface area contributed by atoms with E-state index in [-0.39, 0.29) is 18.6 Å². The molecular formula is C12H21NO5. The molecule has 1 aliphatic rings. The maximum Gasteiger partial charge on any atom is 0.326 e. The average molecular weight is 259 g/mol. The molecule has 0 bridgehead atoms. The highest BCUT2D eigenvalue weighted by molar-refractivity contribution is 5.84. The number of carbonyl (C=O) groups is 2. The number of hydrogen-bond acceptors (Lipinski definition) is 4. The van der Waals surface area contributed by atoms with E-state index in [1.165, 1.54) is 11.8 Å². The van der Waals surface area contributed by atoms with Crippen molar-refractivity contribution in [1.29, 1.82) is 0 Å². The van der Waals surface area contributed by atoms with Gasteiger partial charge in [-0.1, -0.05) is 0 Å². The average Bonchev–Trinajstić information content (AvgIpc) is 3.13. The predicted octanol–water partition coefficient (Wildman–Crippen LogP) is 0.504. The lowest BCUT2D eigenvalue weighted by atomic mass is 10.2. The number of nitrogens with zero attached hydrogens (tertiary/aromatic N) is 1. The molecule has 6 heteroatoms. The molecule has 0 radical (unpaired) electrons. The van der Waals surface area contributed by atoms with Gasteiger partial charge in [0.05, 0.1) is 13.2 Å². The number of ether oxygens (including phenoxy) is 2. The lowest BCUT2D eigenvalue weighted by molar-refractivity contribution is -0.152. The monoisotopic (exact) mass is 259 g/mol. The zero-order chi connectivity index (χ0) is 13.5. The number of carboxylic acid groups (broad SMARTS) is 1. The second-order valence-corrected chi connectivity index (χ2v) is 4.30. The van der Waals surface area contributed by atoms with E-state index in [0.29, 0.717) is 19.8 Å². The highest BCUT2D eigenvalue weighted by atomic mass is 16.5. The Morgan fingerprint density at radius 2 is 1.94 bits per heavy atom. The van der Waals surface area contributed by atoms with Gasteiger partial charge in [0, 0.05) is 12.6 Å². The summed E-state index contributed by atoms with van der Waals surface area (Å²) in [5, 5.41) is 8.96. The van der Waals surface area contributed by atoms with Gasteiger partial charge >= 0.3 is 5.97 Å². The van der Waals surface area contributed by atoms with Crippen molar-refractivity contribution in [2.45, 2.75) is 38.8 Å². The molecule has 18 heavy (non-hydrogen) atoms. The first kappa shape index (κ1) is 14.9. The predicted molar refractivity (Wildman–Crippen MR) is 64.3 cm³/mol. The van der Waals surface area contributed by atoms with Crippen LogP contribution in [0.1, 0.15) is 26.7 Å². The van der Waals surface area contributed by atoms with Gasteiger partial charge in [0.2, 0.25) is 5.91 Å². The van der Waals surface area contributed by atoms with E-state index in [1.807, 2.05) is 6.92 Å². The summed E-state index contributed by atoms with van der Waals surface area (Å²) in [7, 11) is 0. The van der Waals surface area contributed by atoms with Gasteiger partial charge in [-0.3, -0.25) is 4.79 Å². The Bertz CT molecular complexity index is 290. The zero-order valence-corrected chi connectivity index (χ0v) is 10.9. The van der Waals surface area contributed by atoms with E-state index in [9.17, 15) is 9.59 Å². The molecule has 0 heterocycles. The van der Waals surface area contributed by atoms with Crippen LogP contribution in [0.4, 0.5) is 0 Å². The van der Waals surface area contributed by atoms with Gasteiger partial charge in [-0.2, -0.15) is 0 Å². The molecule has 1 fully saturated rings. The summed E-state index contributed by atoms with van der Waals surface area (Å²) in [5.41, 5.74) is 0. The van der Waals surface area contributed by atoms with Crippen LogP contribution in [-0.4, -0.2) is 60.4 Å². The molecular weight excluding hydrogens is 238 g/mol. The lowest BCUT2D eigenvalue weighted by Gasteiger charge is -2.26. The number of hydrogen-bond donors (Lipinski definition) is 1. The van der Waals surface area contributed by atoms with Gasteiger partial charge in [-0.05, 0) is 26.7 Å². The van der Waals surface area contributed by atoms with Gasteiger partial charge in [0.15, 0.2) is 0 Å².